The number of nitrogens with one attached hydrogen (secondary N) is 1. The first kappa shape index (κ1) is 19.6. The molecule has 2 aliphatic rings. The fourth-order valence-corrected chi connectivity index (χ4v) is 4.93. The van der Waals surface area contributed by atoms with Gasteiger partial charge in [0, 0.05) is 43.0 Å². The van der Waals surface area contributed by atoms with Gasteiger partial charge in [-0.2, -0.15) is 10.1 Å². The van der Waals surface area contributed by atoms with E-state index in [0.717, 1.165) is 48.2 Å². The van der Waals surface area contributed by atoms with Crippen LogP contribution in [0.1, 0.15) is 11.1 Å². The van der Waals surface area contributed by atoms with Crippen LogP contribution in [0.25, 0.3) is 17.3 Å². The molecule has 2 aromatic carbocycles. The molecule has 1 N–H and O–H groups in total. The lowest BCUT2D eigenvalue weighted by molar-refractivity contribution is -0.113. The van der Waals surface area contributed by atoms with Crippen molar-refractivity contribution >= 4 is 34.6 Å². The highest BCUT2D eigenvalue weighted by molar-refractivity contribution is 8.18. The Hall–Kier alpha value is -3.32. The van der Waals surface area contributed by atoms with Crippen LogP contribution in [-0.2, 0) is 4.79 Å². The number of aromatic nitrogens is 2. The standard InChI is InChI=1S/C24H23N5OS/c1-17-7-5-6-10-20(17)28-11-13-29(14-12-28)24-26-23(30)21(31-24)15-19-16-25-27-22(19)18-8-3-2-4-9-18/h2-10,15-16H,11-14H2,1H3,(H,25,27)/b21-15+. The van der Waals surface area contributed by atoms with Crippen molar-refractivity contribution < 1.29 is 4.79 Å². The number of hydrogen-bond acceptors (Lipinski definition) is 5. The van der Waals surface area contributed by atoms with Crippen LogP contribution in [0.3, 0.4) is 0 Å². The highest BCUT2D eigenvalue weighted by Gasteiger charge is 2.29. The SMILES string of the molecule is Cc1ccccc1N1CCN(C2=NC(=O)/C(=C\c3cn[nH]c3-c3ccccc3)S2)CC1. The molecule has 0 saturated carbocycles. The molecule has 0 aliphatic carbocycles. The van der Waals surface area contributed by atoms with Crippen LogP contribution in [0.15, 0.2) is 70.7 Å². The van der Waals surface area contributed by atoms with E-state index < -0.39 is 0 Å². The van der Waals surface area contributed by atoms with Gasteiger partial charge in [0.2, 0.25) is 0 Å². The average Bonchev–Trinajstić information content (AvgIpc) is 3.42. The van der Waals surface area contributed by atoms with Gasteiger partial charge in [0.15, 0.2) is 5.17 Å². The Bertz CT molecular complexity index is 1160. The number of thioether (sulfide) groups is 1. The lowest BCUT2D eigenvalue weighted by Gasteiger charge is -2.37. The summed E-state index contributed by atoms with van der Waals surface area (Å²) in [5.74, 6) is -0.179. The van der Waals surface area contributed by atoms with Gasteiger partial charge in [-0.15, -0.1) is 0 Å². The number of hydrogen-bond donors (Lipinski definition) is 1. The minimum absolute atomic E-state index is 0.179. The molecule has 1 aromatic heterocycles. The van der Waals surface area contributed by atoms with Crippen molar-refractivity contribution in [3.05, 3.63) is 76.8 Å². The minimum Gasteiger partial charge on any atom is -0.368 e. The summed E-state index contributed by atoms with van der Waals surface area (Å²) in [5, 5.41) is 8.01. The molecular weight excluding hydrogens is 406 g/mol. The molecule has 1 amide bonds. The van der Waals surface area contributed by atoms with E-state index in [9.17, 15) is 4.79 Å². The molecule has 1 fully saturated rings. The Labute approximate surface area is 185 Å². The van der Waals surface area contributed by atoms with Gasteiger partial charge in [0.1, 0.15) is 0 Å². The van der Waals surface area contributed by atoms with Crippen LogP contribution < -0.4 is 4.90 Å². The molecule has 3 aromatic rings. The van der Waals surface area contributed by atoms with Crippen molar-refractivity contribution in [2.45, 2.75) is 6.92 Å². The van der Waals surface area contributed by atoms with Crippen molar-refractivity contribution in [3.8, 4) is 11.3 Å². The number of nitrogens with zero attached hydrogens (tertiary/aromatic N) is 4. The third kappa shape index (κ3) is 4.01. The maximum Gasteiger partial charge on any atom is 0.286 e. The molecule has 31 heavy (non-hydrogen) atoms. The van der Waals surface area contributed by atoms with Gasteiger partial charge in [0.25, 0.3) is 5.91 Å². The van der Waals surface area contributed by atoms with E-state index in [4.69, 9.17) is 0 Å². The Morgan fingerprint density at radius 1 is 0.968 bits per heavy atom. The van der Waals surface area contributed by atoms with Crippen LogP contribution in [0.5, 0.6) is 0 Å². The maximum absolute atomic E-state index is 12.6. The van der Waals surface area contributed by atoms with E-state index in [1.54, 1.807) is 6.20 Å². The first-order valence-corrected chi connectivity index (χ1v) is 11.2. The van der Waals surface area contributed by atoms with Crippen LogP contribution >= 0.6 is 11.8 Å². The van der Waals surface area contributed by atoms with Crippen molar-refractivity contribution in [3.63, 3.8) is 0 Å². The number of piperazine rings is 1. The van der Waals surface area contributed by atoms with Gasteiger partial charge in [-0.25, -0.2) is 0 Å². The van der Waals surface area contributed by atoms with Crippen molar-refractivity contribution in [2.24, 2.45) is 4.99 Å². The lowest BCUT2D eigenvalue weighted by Crippen LogP contribution is -2.48. The molecule has 0 atom stereocenters. The molecule has 0 bridgehead atoms. The first-order chi connectivity index (χ1) is 15.2. The van der Waals surface area contributed by atoms with Crippen LogP contribution in [0, 0.1) is 6.92 Å². The number of amides is 1. The zero-order chi connectivity index (χ0) is 21.2. The number of H-pyrrole nitrogens is 1. The summed E-state index contributed by atoms with van der Waals surface area (Å²) in [7, 11) is 0. The number of carbonyl (C=O) groups is 1. The number of carbonyl (C=O) groups excluding carboxylic acids is 1. The van der Waals surface area contributed by atoms with E-state index >= 15 is 0 Å². The second-order valence-electron chi connectivity index (χ2n) is 7.64. The highest BCUT2D eigenvalue weighted by Crippen LogP contribution is 2.33. The maximum atomic E-state index is 12.6. The smallest absolute Gasteiger partial charge is 0.286 e. The van der Waals surface area contributed by atoms with Gasteiger partial charge in [0.05, 0.1) is 16.8 Å². The molecule has 6 nitrogen and oxygen atoms in total. The largest absolute Gasteiger partial charge is 0.368 e. The number of para-hydroxylation sites is 1. The number of rotatable bonds is 3. The predicted molar refractivity (Wildman–Crippen MR) is 127 cm³/mol. The molecule has 0 unspecified atom stereocenters. The van der Waals surface area contributed by atoms with Crippen LogP contribution in [0.4, 0.5) is 5.69 Å². The molecule has 2 aliphatic heterocycles. The van der Waals surface area contributed by atoms with Gasteiger partial charge >= 0.3 is 0 Å². The van der Waals surface area contributed by atoms with E-state index in [1.165, 1.54) is 23.0 Å². The van der Waals surface area contributed by atoms with Crippen molar-refractivity contribution in [1.82, 2.24) is 15.1 Å². The molecule has 0 spiro atoms. The molecule has 3 heterocycles. The van der Waals surface area contributed by atoms with E-state index in [2.05, 4.69) is 56.2 Å². The Kier molecular flexibility index (Phi) is 5.34. The van der Waals surface area contributed by atoms with Gasteiger partial charge in [-0.05, 0) is 36.4 Å². The van der Waals surface area contributed by atoms with Crippen molar-refractivity contribution in [2.75, 3.05) is 31.1 Å². The van der Waals surface area contributed by atoms with E-state index in [-0.39, 0.29) is 5.91 Å². The number of aliphatic imine (C=N–C) groups is 1. The minimum atomic E-state index is -0.179. The van der Waals surface area contributed by atoms with Gasteiger partial charge in [-0.1, -0.05) is 48.5 Å². The monoisotopic (exact) mass is 429 g/mol. The number of amidine groups is 1. The third-order valence-electron chi connectivity index (χ3n) is 5.63. The summed E-state index contributed by atoms with van der Waals surface area (Å²) >= 11 is 1.45. The normalized spacial score (nSPS) is 18.0. The Morgan fingerprint density at radius 3 is 2.45 bits per heavy atom. The quantitative estimate of drug-likeness (QED) is 0.633. The van der Waals surface area contributed by atoms with E-state index in [1.807, 2.05) is 36.4 Å². The fourth-order valence-electron chi connectivity index (χ4n) is 3.97. The molecular formula is C24H23N5OS. The van der Waals surface area contributed by atoms with Crippen LogP contribution in [0.2, 0.25) is 0 Å². The molecule has 0 radical (unpaired) electrons. The number of benzene rings is 2. The number of anilines is 1. The van der Waals surface area contributed by atoms with E-state index in [0.29, 0.717) is 4.91 Å². The fraction of sp³-hybridized carbons (Fsp3) is 0.208. The first-order valence-electron chi connectivity index (χ1n) is 10.4. The second kappa shape index (κ2) is 8.43. The van der Waals surface area contributed by atoms with Gasteiger partial charge in [-0.3, -0.25) is 9.89 Å². The molecule has 7 heteroatoms. The Morgan fingerprint density at radius 2 is 1.68 bits per heavy atom. The van der Waals surface area contributed by atoms with Gasteiger partial charge < -0.3 is 9.80 Å². The predicted octanol–water partition coefficient (Wildman–Crippen LogP) is 4.18. The molecule has 1 saturated heterocycles. The topological polar surface area (TPSA) is 64.6 Å². The highest BCUT2D eigenvalue weighted by atomic mass is 32.2. The average molecular weight is 430 g/mol. The van der Waals surface area contributed by atoms with Crippen LogP contribution in [-0.4, -0.2) is 52.4 Å². The Balaban J connectivity index is 1.28. The lowest BCUT2D eigenvalue weighted by atomic mass is 10.1. The zero-order valence-electron chi connectivity index (χ0n) is 17.3. The third-order valence-corrected chi connectivity index (χ3v) is 6.68. The molecule has 5 rings (SSSR count). The number of aromatic amines is 1. The summed E-state index contributed by atoms with van der Waals surface area (Å²) in [6, 6.07) is 18.5. The molecule has 156 valence electrons. The summed E-state index contributed by atoms with van der Waals surface area (Å²) < 4.78 is 0. The second-order valence-corrected chi connectivity index (χ2v) is 8.65. The van der Waals surface area contributed by atoms with Crippen molar-refractivity contribution in [1.29, 1.82) is 0 Å². The summed E-state index contributed by atoms with van der Waals surface area (Å²) in [4.78, 5) is 22.2. The summed E-state index contributed by atoms with van der Waals surface area (Å²) in [5.41, 5.74) is 5.41. The summed E-state index contributed by atoms with van der Waals surface area (Å²) in [6.07, 6.45) is 3.64. The zero-order valence-corrected chi connectivity index (χ0v) is 18.1. The summed E-state index contributed by atoms with van der Waals surface area (Å²) in [6.45, 7) is 5.67. The number of aryl methyl sites for hydroxylation is 1.